The summed E-state index contributed by atoms with van der Waals surface area (Å²) in [6.45, 7) is 3.35. The molecular formula is C20H23FN2O3S. The van der Waals surface area contributed by atoms with Gasteiger partial charge in [-0.15, -0.1) is 0 Å². The number of fused-ring (bicyclic) bond motifs is 1. The maximum atomic E-state index is 13.1. The fourth-order valence-electron chi connectivity index (χ4n) is 3.75. The Kier molecular flexibility index (Phi) is 4.92. The molecule has 0 atom stereocenters. The lowest BCUT2D eigenvalue weighted by Crippen LogP contribution is -2.49. The Bertz CT molecular complexity index is 907. The van der Waals surface area contributed by atoms with Crippen LogP contribution in [0.4, 0.5) is 4.39 Å². The second-order valence-corrected chi connectivity index (χ2v) is 9.20. The molecule has 1 spiro atoms. The fraction of sp³-hybridized carbons (Fsp3) is 0.400. The number of hydrogen-bond donors (Lipinski definition) is 1. The van der Waals surface area contributed by atoms with Gasteiger partial charge in [0.05, 0.1) is 6.61 Å². The van der Waals surface area contributed by atoms with E-state index in [4.69, 9.17) is 4.74 Å². The van der Waals surface area contributed by atoms with Crippen molar-refractivity contribution in [2.24, 2.45) is 5.41 Å². The fourth-order valence-corrected chi connectivity index (χ4v) is 5.06. The summed E-state index contributed by atoms with van der Waals surface area (Å²) in [4.78, 5) is 2.52. The van der Waals surface area contributed by atoms with Gasteiger partial charge in [-0.05, 0) is 55.8 Å². The summed E-state index contributed by atoms with van der Waals surface area (Å²) in [5.41, 5.74) is 0.871. The number of piperidine rings is 1. The predicted molar refractivity (Wildman–Crippen MR) is 100 cm³/mol. The minimum atomic E-state index is -3.57. The molecule has 1 fully saturated rings. The standard InChI is InChI=1S/C20H23FN2O3S/c21-17-7-5-16(6-8-17)13-23-11-9-20(10-12-23)14-22-27(24,25)19-4-2-1-3-18(19)26-15-20/h1-8,22H,9-15H2. The zero-order valence-electron chi connectivity index (χ0n) is 15.0. The molecule has 0 aromatic heterocycles. The summed E-state index contributed by atoms with van der Waals surface area (Å²) in [5.74, 6) is 0.188. The molecular weight excluding hydrogens is 367 g/mol. The number of nitrogens with zero attached hydrogens (tertiary/aromatic N) is 1. The highest BCUT2D eigenvalue weighted by molar-refractivity contribution is 7.89. The lowest BCUT2D eigenvalue weighted by Gasteiger charge is -2.42. The highest BCUT2D eigenvalue weighted by Gasteiger charge is 2.38. The van der Waals surface area contributed by atoms with Crippen molar-refractivity contribution >= 4 is 10.0 Å². The Morgan fingerprint density at radius 2 is 1.78 bits per heavy atom. The molecule has 144 valence electrons. The Labute approximate surface area is 159 Å². The summed E-state index contributed by atoms with van der Waals surface area (Å²) in [7, 11) is -3.57. The van der Waals surface area contributed by atoms with Crippen LogP contribution in [0.3, 0.4) is 0 Å². The minimum Gasteiger partial charge on any atom is -0.492 e. The molecule has 2 heterocycles. The average Bonchev–Trinajstić information content (AvgIpc) is 2.68. The number of benzene rings is 2. The smallest absolute Gasteiger partial charge is 0.244 e. The second kappa shape index (κ2) is 7.22. The van der Waals surface area contributed by atoms with Crippen LogP contribution >= 0.6 is 0 Å². The monoisotopic (exact) mass is 390 g/mol. The van der Waals surface area contributed by atoms with E-state index >= 15 is 0 Å². The third-order valence-electron chi connectivity index (χ3n) is 5.55. The van der Waals surface area contributed by atoms with E-state index in [-0.39, 0.29) is 16.1 Å². The lowest BCUT2D eigenvalue weighted by molar-refractivity contribution is 0.0523. The van der Waals surface area contributed by atoms with Crippen molar-refractivity contribution in [2.45, 2.75) is 24.3 Å². The van der Waals surface area contributed by atoms with Crippen LogP contribution in [-0.2, 0) is 16.6 Å². The molecule has 1 N–H and O–H groups in total. The van der Waals surface area contributed by atoms with Gasteiger partial charge in [0.25, 0.3) is 0 Å². The normalized spacial score (nSPS) is 21.7. The van der Waals surface area contributed by atoms with Crippen LogP contribution in [-0.4, -0.2) is 39.6 Å². The Balaban J connectivity index is 1.44. The van der Waals surface area contributed by atoms with Crippen LogP contribution in [0.15, 0.2) is 53.4 Å². The first-order chi connectivity index (χ1) is 13.0. The predicted octanol–water partition coefficient (Wildman–Crippen LogP) is 2.78. The van der Waals surface area contributed by atoms with E-state index in [0.29, 0.717) is 18.9 Å². The van der Waals surface area contributed by atoms with Gasteiger partial charge in [0.1, 0.15) is 16.5 Å². The summed E-state index contributed by atoms with van der Waals surface area (Å²) >= 11 is 0. The number of likely N-dealkylation sites (tertiary alicyclic amines) is 1. The van der Waals surface area contributed by atoms with Crippen molar-refractivity contribution in [1.29, 1.82) is 0 Å². The van der Waals surface area contributed by atoms with Gasteiger partial charge in [-0.25, -0.2) is 17.5 Å². The minimum absolute atomic E-state index is 0.202. The van der Waals surface area contributed by atoms with Crippen molar-refractivity contribution in [3.63, 3.8) is 0 Å². The Hall–Kier alpha value is -1.96. The molecule has 0 amide bonds. The first-order valence-electron chi connectivity index (χ1n) is 9.14. The van der Waals surface area contributed by atoms with Crippen molar-refractivity contribution in [3.05, 3.63) is 59.9 Å². The van der Waals surface area contributed by atoms with E-state index in [2.05, 4.69) is 9.62 Å². The molecule has 0 aliphatic carbocycles. The molecule has 0 bridgehead atoms. The van der Waals surface area contributed by atoms with Gasteiger partial charge in [0, 0.05) is 18.5 Å². The number of sulfonamides is 1. The summed E-state index contributed by atoms with van der Waals surface area (Å²) in [5, 5.41) is 0. The second-order valence-electron chi connectivity index (χ2n) is 7.46. The topological polar surface area (TPSA) is 58.6 Å². The zero-order valence-corrected chi connectivity index (χ0v) is 15.8. The molecule has 1 saturated heterocycles. The number of rotatable bonds is 2. The molecule has 2 aliphatic heterocycles. The van der Waals surface area contributed by atoms with Crippen molar-refractivity contribution in [1.82, 2.24) is 9.62 Å². The average molecular weight is 390 g/mol. The summed E-state index contributed by atoms with van der Waals surface area (Å²) in [6, 6.07) is 13.3. The van der Waals surface area contributed by atoms with Crippen molar-refractivity contribution in [2.75, 3.05) is 26.2 Å². The third kappa shape index (κ3) is 4.00. The van der Waals surface area contributed by atoms with Gasteiger partial charge in [-0.2, -0.15) is 0 Å². The zero-order chi connectivity index (χ0) is 18.9. The third-order valence-corrected chi connectivity index (χ3v) is 6.99. The Morgan fingerprint density at radius 1 is 1.07 bits per heavy atom. The lowest BCUT2D eigenvalue weighted by atomic mass is 9.79. The van der Waals surface area contributed by atoms with Gasteiger partial charge in [0.2, 0.25) is 10.0 Å². The maximum Gasteiger partial charge on any atom is 0.244 e. The van der Waals surface area contributed by atoms with E-state index in [1.54, 1.807) is 24.3 Å². The molecule has 0 unspecified atom stereocenters. The SMILES string of the molecule is O=S1(=O)NCC2(CCN(Cc3ccc(F)cc3)CC2)COc2ccccc21. The molecule has 7 heteroatoms. The van der Waals surface area contributed by atoms with E-state index in [1.165, 1.54) is 12.1 Å². The highest BCUT2D eigenvalue weighted by atomic mass is 32.2. The van der Waals surface area contributed by atoms with E-state index in [1.807, 2.05) is 12.1 Å². The van der Waals surface area contributed by atoms with Crippen molar-refractivity contribution < 1.29 is 17.5 Å². The number of hydrogen-bond acceptors (Lipinski definition) is 4. The van der Waals surface area contributed by atoms with E-state index in [0.717, 1.165) is 38.0 Å². The van der Waals surface area contributed by atoms with E-state index < -0.39 is 10.0 Å². The molecule has 2 aromatic rings. The van der Waals surface area contributed by atoms with Crippen LogP contribution in [0.5, 0.6) is 5.75 Å². The maximum absolute atomic E-state index is 13.1. The summed E-state index contributed by atoms with van der Waals surface area (Å²) in [6.07, 6.45) is 1.69. The molecule has 2 aliphatic rings. The molecule has 0 radical (unpaired) electrons. The number of ether oxygens (including phenoxy) is 1. The van der Waals surface area contributed by atoms with Gasteiger partial charge in [-0.1, -0.05) is 24.3 Å². The van der Waals surface area contributed by atoms with Crippen LogP contribution in [0.25, 0.3) is 0 Å². The molecule has 4 rings (SSSR count). The van der Waals surface area contributed by atoms with Crippen LogP contribution in [0.1, 0.15) is 18.4 Å². The van der Waals surface area contributed by atoms with Gasteiger partial charge >= 0.3 is 0 Å². The molecule has 0 saturated carbocycles. The number of nitrogens with one attached hydrogen (secondary N) is 1. The summed E-state index contributed by atoms with van der Waals surface area (Å²) < 4.78 is 46.9. The molecule has 5 nitrogen and oxygen atoms in total. The Morgan fingerprint density at radius 3 is 2.52 bits per heavy atom. The van der Waals surface area contributed by atoms with Gasteiger partial charge in [0.15, 0.2) is 0 Å². The van der Waals surface area contributed by atoms with Crippen LogP contribution < -0.4 is 9.46 Å². The van der Waals surface area contributed by atoms with Gasteiger partial charge in [-0.3, -0.25) is 4.90 Å². The first kappa shape index (κ1) is 18.4. The highest BCUT2D eigenvalue weighted by Crippen LogP contribution is 2.36. The van der Waals surface area contributed by atoms with Crippen LogP contribution in [0.2, 0.25) is 0 Å². The van der Waals surface area contributed by atoms with E-state index in [9.17, 15) is 12.8 Å². The molecule has 2 aromatic carbocycles. The molecule has 27 heavy (non-hydrogen) atoms. The van der Waals surface area contributed by atoms with Crippen LogP contribution in [0, 0.1) is 11.2 Å². The largest absolute Gasteiger partial charge is 0.492 e. The number of para-hydroxylation sites is 1. The number of halogens is 1. The van der Waals surface area contributed by atoms with Crippen molar-refractivity contribution in [3.8, 4) is 5.75 Å². The van der Waals surface area contributed by atoms with Gasteiger partial charge < -0.3 is 4.74 Å². The first-order valence-corrected chi connectivity index (χ1v) is 10.6. The quantitative estimate of drug-likeness (QED) is 0.857.